The molecule has 2 N–H and O–H groups in total. The van der Waals surface area contributed by atoms with E-state index in [2.05, 4.69) is 0 Å². The topological polar surface area (TPSA) is 49.7 Å². The quantitative estimate of drug-likeness (QED) is 0.574. The van der Waals surface area contributed by atoms with Gasteiger partial charge in [-0.1, -0.05) is 20.3 Å². The highest BCUT2D eigenvalue weighted by Gasteiger charge is 2.25. The van der Waals surface area contributed by atoms with Crippen molar-refractivity contribution in [2.75, 3.05) is 13.2 Å². The second kappa shape index (κ2) is 6.40. The summed E-state index contributed by atoms with van der Waals surface area (Å²) in [5.41, 5.74) is 0. The van der Waals surface area contributed by atoms with Crippen LogP contribution in [0.15, 0.2) is 0 Å². The fourth-order valence-electron chi connectivity index (χ4n) is 0.942. The van der Waals surface area contributed by atoms with Gasteiger partial charge in [0.1, 0.15) is 0 Å². The molecule has 0 saturated heterocycles. The molecule has 0 aromatic rings. The van der Waals surface area contributed by atoms with E-state index in [4.69, 9.17) is 9.84 Å². The smallest absolute Gasteiger partial charge is 0.188 e. The third kappa shape index (κ3) is 4.70. The number of hydrogen-bond acceptors (Lipinski definition) is 3. The van der Waals surface area contributed by atoms with Crippen LogP contribution in [0.1, 0.15) is 39.5 Å². The van der Waals surface area contributed by atoms with Gasteiger partial charge in [-0.05, 0) is 12.8 Å². The largest absolute Gasteiger partial charge is 0.391 e. The highest BCUT2D eigenvalue weighted by atomic mass is 16.6. The standard InChI is InChI=1S/C9H20O3/c1-3-5-6-9(11,8-10)12-7-4-2/h10-11H,3-8H2,1-2H3. The molecule has 12 heavy (non-hydrogen) atoms. The molecule has 0 amide bonds. The average Bonchev–Trinajstić information content (AvgIpc) is 2.11. The zero-order valence-corrected chi connectivity index (χ0v) is 8.05. The summed E-state index contributed by atoms with van der Waals surface area (Å²) in [6.07, 6.45) is 3.24. The molecule has 0 fully saturated rings. The minimum Gasteiger partial charge on any atom is -0.391 e. The van der Waals surface area contributed by atoms with E-state index in [-0.39, 0.29) is 6.61 Å². The molecule has 3 heteroatoms. The summed E-state index contributed by atoms with van der Waals surface area (Å²) in [6, 6.07) is 0. The predicted octanol–water partition coefficient (Wildman–Crippen LogP) is 1.28. The Balaban J connectivity index is 3.70. The van der Waals surface area contributed by atoms with Crippen LogP contribution in [0.4, 0.5) is 0 Å². The van der Waals surface area contributed by atoms with E-state index in [1.54, 1.807) is 0 Å². The summed E-state index contributed by atoms with van der Waals surface area (Å²) in [7, 11) is 0. The van der Waals surface area contributed by atoms with Crippen molar-refractivity contribution in [3.05, 3.63) is 0 Å². The Morgan fingerprint density at radius 3 is 2.33 bits per heavy atom. The van der Waals surface area contributed by atoms with Crippen LogP contribution in [0.2, 0.25) is 0 Å². The molecule has 0 bridgehead atoms. The highest BCUT2D eigenvalue weighted by molar-refractivity contribution is 4.65. The maximum absolute atomic E-state index is 9.61. The summed E-state index contributed by atoms with van der Waals surface area (Å²) >= 11 is 0. The van der Waals surface area contributed by atoms with Crippen LogP contribution in [-0.4, -0.2) is 29.2 Å². The third-order valence-corrected chi connectivity index (χ3v) is 1.74. The van der Waals surface area contributed by atoms with Crippen molar-refractivity contribution in [2.24, 2.45) is 0 Å². The fourth-order valence-corrected chi connectivity index (χ4v) is 0.942. The predicted molar refractivity (Wildman–Crippen MR) is 47.8 cm³/mol. The van der Waals surface area contributed by atoms with Crippen LogP contribution in [0, 0.1) is 0 Å². The van der Waals surface area contributed by atoms with Crippen molar-refractivity contribution in [3.63, 3.8) is 0 Å². The lowest BCUT2D eigenvalue weighted by atomic mass is 10.1. The van der Waals surface area contributed by atoms with E-state index in [9.17, 15) is 5.11 Å². The lowest BCUT2D eigenvalue weighted by Crippen LogP contribution is -2.36. The van der Waals surface area contributed by atoms with Gasteiger partial charge in [-0.25, -0.2) is 0 Å². The molecule has 3 nitrogen and oxygen atoms in total. The SMILES string of the molecule is CCCCC(O)(CO)OCCC. The molecule has 0 aliphatic carbocycles. The zero-order valence-electron chi connectivity index (χ0n) is 8.05. The third-order valence-electron chi connectivity index (χ3n) is 1.74. The first-order chi connectivity index (χ1) is 5.68. The minimum absolute atomic E-state index is 0.312. The molecule has 0 rings (SSSR count). The van der Waals surface area contributed by atoms with Crippen molar-refractivity contribution >= 4 is 0 Å². The van der Waals surface area contributed by atoms with Gasteiger partial charge in [0.15, 0.2) is 5.79 Å². The lowest BCUT2D eigenvalue weighted by molar-refractivity contribution is -0.228. The molecule has 0 radical (unpaired) electrons. The number of unbranched alkanes of at least 4 members (excludes halogenated alkanes) is 1. The first-order valence-electron chi connectivity index (χ1n) is 4.65. The maximum Gasteiger partial charge on any atom is 0.188 e. The fraction of sp³-hybridized carbons (Fsp3) is 1.00. The van der Waals surface area contributed by atoms with Crippen LogP contribution >= 0.6 is 0 Å². The average molecular weight is 176 g/mol. The van der Waals surface area contributed by atoms with E-state index >= 15 is 0 Å². The van der Waals surface area contributed by atoms with Crippen LogP contribution in [0.3, 0.4) is 0 Å². The number of aliphatic hydroxyl groups is 2. The van der Waals surface area contributed by atoms with Gasteiger partial charge in [-0.2, -0.15) is 0 Å². The van der Waals surface area contributed by atoms with Gasteiger partial charge in [0, 0.05) is 13.0 Å². The van der Waals surface area contributed by atoms with Crippen molar-refractivity contribution < 1.29 is 14.9 Å². The molecule has 0 aliphatic heterocycles. The van der Waals surface area contributed by atoms with Gasteiger partial charge >= 0.3 is 0 Å². The van der Waals surface area contributed by atoms with E-state index in [0.29, 0.717) is 13.0 Å². The Morgan fingerprint density at radius 2 is 1.92 bits per heavy atom. The first-order valence-corrected chi connectivity index (χ1v) is 4.65. The summed E-state index contributed by atoms with van der Waals surface area (Å²) in [5, 5.41) is 18.5. The van der Waals surface area contributed by atoms with Crippen molar-refractivity contribution in [2.45, 2.75) is 45.3 Å². The molecule has 0 saturated carbocycles. The van der Waals surface area contributed by atoms with Crippen molar-refractivity contribution in [1.29, 1.82) is 0 Å². The molecule has 1 unspecified atom stereocenters. The van der Waals surface area contributed by atoms with Gasteiger partial charge in [-0.3, -0.25) is 0 Å². The molecule has 0 spiro atoms. The van der Waals surface area contributed by atoms with Crippen LogP contribution in [0.25, 0.3) is 0 Å². The second-order valence-corrected chi connectivity index (χ2v) is 3.06. The number of rotatable bonds is 7. The van der Waals surface area contributed by atoms with Crippen molar-refractivity contribution in [1.82, 2.24) is 0 Å². The Morgan fingerprint density at radius 1 is 1.25 bits per heavy atom. The second-order valence-electron chi connectivity index (χ2n) is 3.06. The van der Waals surface area contributed by atoms with Gasteiger partial charge in [0.05, 0.1) is 6.61 Å². The molecular weight excluding hydrogens is 156 g/mol. The molecule has 0 aliphatic rings. The summed E-state index contributed by atoms with van der Waals surface area (Å²) in [5.74, 6) is -1.30. The molecule has 0 heterocycles. The van der Waals surface area contributed by atoms with E-state index in [1.165, 1.54) is 0 Å². The number of ether oxygens (including phenoxy) is 1. The van der Waals surface area contributed by atoms with Gasteiger partial charge in [0.2, 0.25) is 0 Å². The van der Waals surface area contributed by atoms with Crippen molar-refractivity contribution in [3.8, 4) is 0 Å². The summed E-state index contributed by atoms with van der Waals surface area (Å²) in [4.78, 5) is 0. The molecule has 1 atom stereocenters. The van der Waals surface area contributed by atoms with Crippen LogP contribution in [0.5, 0.6) is 0 Å². The number of aliphatic hydroxyl groups excluding tert-OH is 1. The van der Waals surface area contributed by atoms with Crippen LogP contribution in [-0.2, 0) is 4.74 Å². The summed E-state index contributed by atoms with van der Waals surface area (Å²) in [6.45, 7) is 4.20. The van der Waals surface area contributed by atoms with E-state index in [0.717, 1.165) is 19.3 Å². The van der Waals surface area contributed by atoms with Crippen LogP contribution < -0.4 is 0 Å². The monoisotopic (exact) mass is 176 g/mol. The molecule has 0 aromatic heterocycles. The molecule has 0 aromatic carbocycles. The Bertz CT molecular complexity index is 95.9. The lowest BCUT2D eigenvalue weighted by Gasteiger charge is -2.25. The van der Waals surface area contributed by atoms with Gasteiger partial charge in [-0.15, -0.1) is 0 Å². The first kappa shape index (κ1) is 11.9. The Kier molecular flexibility index (Phi) is 6.34. The van der Waals surface area contributed by atoms with Gasteiger partial charge < -0.3 is 14.9 Å². The Hall–Kier alpha value is -0.120. The normalized spacial score (nSPS) is 16.0. The number of hydrogen-bond donors (Lipinski definition) is 2. The van der Waals surface area contributed by atoms with E-state index < -0.39 is 5.79 Å². The highest BCUT2D eigenvalue weighted by Crippen LogP contribution is 2.15. The molecular formula is C9H20O3. The minimum atomic E-state index is -1.30. The van der Waals surface area contributed by atoms with E-state index in [1.807, 2.05) is 13.8 Å². The van der Waals surface area contributed by atoms with Gasteiger partial charge in [0.25, 0.3) is 0 Å². The zero-order chi connectivity index (χ0) is 9.45. The molecule has 74 valence electrons. The Labute approximate surface area is 74.4 Å². The summed E-state index contributed by atoms with van der Waals surface area (Å²) < 4.78 is 5.14. The maximum atomic E-state index is 9.61.